The molecule has 0 spiro atoms. The van der Waals surface area contributed by atoms with Crippen LogP contribution >= 0.6 is 0 Å². The Bertz CT molecular complexity index is 510. The zero-order valence-corrected chi connectivity index (χ0v) is 12.0. The van der Waals surface area contributed by atoms with Crippen LogP contribution < -0.4 is 9.64 Å². The van der Waals surface area contributed by atoms with E-state index in [1.54, 1.807) is 7.11 Å². The molecule has 2 aromatic rings. The third kappa shape index (κ3) is 4.00. The number of aliphatic hydroxyl groups is 1. The number of anilines is 1. The lowest BCUT2D eigenvalue weighted by molar-refractivity contribution is 0.182. The van der Waals surface area contributed by atoms with Crippen LogP contribution in [-0.4, -0.2) is 31.9 Å². The number of rotatable bonds is 6. The molecule has 0 saturated heterocycles. The third-order valence-corrected chi connectivity index (χ3v) is 3.31. The van der Waals surface area contributed by atoms with Crippen molar-refractivity contribution in [2.75, 3.05) is 25.6 Å². The SMILES string of the molecule is COc1ccc(N(C)CC(O)Cc2ccccc2)cc1. The molecule has 0 heterocycles. The van der Waals surface area contributed by atoms with Crippen LogP contribution in [0.15, 0.2) is 54.6 Å². The first-order valence-electron chi connectivity index (χ1n) is 6.76. The van der Waals surface area contributed by atoms with Gasteiger partial charge in [0.2, 0.25) is 0 Å². The van der Waals surface area contributed by atoms with E-state index in [-0.39, 0.29) is 6.10 Å². The molecule has 0 aliphatic carbocycles. The normalized spacial score (nSPS) is 11.9. The number of benzene rings is 2. The zero-order valence-electron chi connectivity index (χ0n) is 12.0. The van der Waals surface area contributed by atoms with Crippen LogP contribution in [0, 0.1) is 0 Å². The lowest BCUT2D eigenvalue weighted by Crippen LogP contribution is -2.30. The van der Waals surface area contributed by atoms with Gasteiger partial charge in [-0.1, -0.05) is 30.3 Å². The molecular weight excluding hydrogens is 250 g/mol. The van der Waals surface area contributed by atoms with Crippen molar-refractivity contribution in [1.29, 1.82) is 0 Å². The highest BCUT2D eigenvalue weighted by Gasteiger charge is 2.09. The van der Waals surface area contributed by atoms with Crippen molar-refractivity contribution in [2.45, 2.75) is 12.5 Å². The minimum Gasteiger partial charge on any atom is -0.497 e. The average Bonchev–Trinajstić information content (AvgIpc) is 2.48. The summed E-state index contributed by atoms with van der Waals surface area (Å²) >= 11 is 0. The minimum atomic E-state index is -0.385. The zero-order chi connectivity index (χ0) is 14.4. The molecule has 0 radical (unpaired) electrons. The van der Waals surface area contributed by atoms with Gasteiger partial charge in [-0.2, -0.15) is 0 Å². The van der Waals surface area contributed by atoms with E-state index in [4.69, 9.17) is 4.74 Å². The Morgan fingerprint density at radius 3 is 2.30 bits per heavy atom. The van der Waals surface area contributed by atoms with E-state index in [2.05, 4.69) is 0 Å². The van der Waals surface area contributed by atoms with Crippen LogP contribution in [0.1, 0.15) is 5.56 Å². The predicted molar refractivity (Wildman–Crippen MR) is 82.4 cm³/mol. The summed E-state index contributed by atoms with van der Waals surface area (Å²) in [5.74, 6) is 0.840. The Kier molecular flexibility index (Phi) is 5.02. The van der Waals surface area contributed by atoms with Crippen LogP contribution in [-0.2, 0) is 6.42 Å². The van der Waals surface area contributed by atoms with E-state index in [1.165, 1.54) is 0 Å². The highest BCUT2D eigenvalue weighted by Crippen LogP contribution is 2.18. The van der Waals surface area contributed by atoms with Crippen LogP contribution in [0.3, 0.4) is 0 Å². The van der Waals surface area contributed by atoms with Crippen molar-refractivity contribution in [3.63, 3.8) is 0 Å². The van der Waals surface area contributed by atoms with E-state index in [1.807, 2.05) is 66.5 Å². The monoisotopic (exact) mass is 271 g/mol. The number of likely N-dealkylation sites (N-methyl/N-ethyl adjacent to an activating group) is 1. The third-order valence-electron chi connectivity index (χ3n) is 3.31. The van der Waals surface area contributed by atoms with Gasteiger partial charge in [0.1, 0.15) is 5.75 Å². The van der Waals surface area contributed by atoms with Crippen LogP contribution in [0.25, 0.3) is 0 Å². The number of hydrogen-bond acceptors (Lipinski definition) is 3. The summed E-state index contributed by atoms with van der Waals surface area (Å²) in [5, 5.41) is 10.2. The first-order valence-corrected chi connectivity index (χ1v) is 6.76. The summed E-state index contributed by atoms with van der Waals surface area (Å²) in [6.45, 7) is 0.598. The van der Waals surface area contributed by atoms with E-state index in [0.717, 1.165) is 17.0 Å². The molecule has 1 unspecified atom stereocenters. The summed E-state index contributed by atoms with van der Waals surface area (Å²) in [7, 11) is 3.64. The van der Waals surface area contributed by atoms with Gasteiger partial charge in [0.15, 0.2) is 0 Å². The Hall–Kier alpha value is -2.00. The van der Waals surface area contributed by atoms with Crippen molar-refractivity contribution in [3.05, 3.63) is 60.2 Å². The van der Waals surface area contributed by atoms with Crippen LogP contribution in [0.4, 0.5) is 5.69 Å². The second-order valence-corrected chi connectivity index (χ2v) is 4.92. The van der Waals surface area contributed by atoms with E-state index in [0.29, 0.717) is 13.0 Å². The fraction of sp³-hybridized carbons (Fsp3) is 0.294. The molecule has 0 aliphatic heterocycles. The van der Waals surface area contributed by atoms with Gasteiger partial charge in [0.25, 0.3) is 0 Å². The van der Waals surface area contributed by atoms with Gasteiger partial charge in [-0.05, 0) is 29.8 Å². The molecule has 0 amide bonds. The molecule has 0 bridgehead atoms. The van der Waals surface area contributed by atoms with Crippen molar-refractivity contribution in [2.24, 2.45) is 0 Å². The fourth-order valence-corrected chi connectivity index (χ4v) is 2.21. The second-order valence-electron chi connectivity index (χ2n) is 4.92. The Morgan fingerprint density at radius 2 is 1.70 bits per heavy atom. The lowest BCUT2D eigenvalue weighted by Gasteiger charge is -2.23. The summed E-state index contributed by atoms with van der Waals surface area (Å²) in [6.07, 6.45) is 0.283. The number of nitrogens with zero attached hydrogens (tertiary/aromatic N) is 1. The van der Waals surface area contributed by atoms with Gasteiger partial charge in [-0.15, -0.1) is 0 Å². The minimum absolute atomic E-state index is 0.385. The molecule has 0 aliphatic rings. The van der Waals surface area contributed by atoms with Crippen LogP contribution in [0.2, 0.25) is 0 Å². The molecule has 3 heteroatoms. The van der Waals surface area contributed by atoms with Crippen LogP contribution in [0.5, 0.6) is 5.75 Å². The Morgan fingerprint density at radius 1 is 1.05 bits per heavy atom. The highest BCUT2D eigenvalue weighted by atomic mass is 16.5. The molecule has 0 fully saturated rings. The van der Waals surface area contributed by atoms with Gasteiger partial charge in [0.05, 0.1) is 13.2 Å². The Labute approximate surface area is 120 Å². The molecule has 3 nitrogen and oxygen atoms in total. The largest absolute Gasteiger partial charge is 0.497 e. The molecule has 2 rings (SSSR count). The number of methoxy groups -OCH3 is 1. The summed E-state index contributed by atoms with van der Waals surface area (Å²) < 4.78 is 5.14. The lowest BCUT2D eigenvalue weighted by atomic mass is 10.1. The van der Waals surface area contributed by atoms with Crippen molar-refractivity contribution >= 4 is 5.69 Å². The highest BCUT2D eigenvalue weighted by molar-refractivity contribution is 5.48. The number of ether oxygens (including phenoxy) is 1. The molecule has 106 valence electrons. The van der Waals surface area contributed by atoms with Gasteiger partial charge < -0.3 is 14.7 Å². The maximum atomic E-state index is 10.2. The first kappa shape index (κ1) is 14.4. The maximum absolute atomic E-state index is 10.2. The van der Waals surface area contributed by atoms with Gasteiger partial charge in [-0.3, -0.25) is 0 Å². The van der Waals surface area contributed by atoms with Gasteiger partial charge in [-0.25, -0.2) is 0 Å². The quantitative estimate of drug-likeness (QED) is 0.877. The smallest absolute Gasteiger partial charge is 0.119 e. The van der Waals surface area contributed by atoms with E-state index >= 15 is 0 Å². The second kappa shape index (κ2) is 6.96. The molecule has 2 aromatic carbocycles. The summed E-state index contributed by atoms with van der Waals surface area (Å²) in [6, 6.07) is 17.9. The molecular formula is C17H21NO2. The van der Waals surface area contributed by atoms with Crippen molar-refractivity contribution in [3.8, 4) is 5.75 Å². The summed E-state index contributed by atoms with van der Waals surface area (Å²) in [4.78, 5) is 2.05. The standard InChI is InChI=1S/C17H21NO2/c1-18(15-8-10-17(20-2)11-9-15)13-16(19)12-14-6-4-3-5-7-14/h3-11,16,19H,12-13H2,1-2H3. The fourth-order valence-electron chi connectivity index (χ4n) is 2.21. The predicted octanol–water partition coefficient (Wildman–Crippen LogP) is 2.74. The first-order chi connectivity index (χ1) is 9.69. The average molecular weight is 271 g/mol. The number of aliphatic hydroxyl groups excluding tert-OH is 1. The van der Waals surface area contributed by atoms with Gasteiger partial charge >= 0.3 is 0 Å². The molecule has 1 atom stereocenters. The molecule has 20 heavy (non-hydrogen) atoms. The topological polar surface area (TPSA) is 32.7 Å². The number of hydrogen-bond donors (Lipinski definition) is 1. The van der Waals surface area contributed by atoms with E-state index < -0.39 is 0 Å². The van der Waals surface area contributed by atoms with E-state index in [9.17, 15) is 5.11 Å². The Balaban J connectivity index is 1.91. The molecule has 1 N–H and O–H groups in total. The van der Waals surface area contributed by atoms with Gasteiger partial charge in [0, 0.05) is 25.7 Å². The van der Waals surface area contributed by atoms with Crippen molar-refractivity contribution in [1.82, 2.24) is 0 Å². The molecule has 0 aromatic heterocycles. The maximum Gasteiger partial charge on any atom is 0.119 e. The molecule has 0 saturated carbocycles. The summed E-state index contributed by atoms with van der Waals surface area (Å²) in [5.41, 5.74) is 2.22. The van der Waals surface area contributed by atoms with Crippen molar-refractivity contribution < 1.29 is 9.84 Å².